The van der Waals surface area contributed by atoms with Gasteiger partial charge < -0.3 is 9.80 Å². The number of nitrogens with zero attached hydrogens (tertiary/aromatic N) is 4. The topological polar surface area (TPSA) is 66.4 Å². The van der Waals surface area contributed by atoms with Gasteiger partial charge in [0.05, 0.1) is 11.0 Å². The highest BCUT2D eigenvalue weighted by molar-refractivity contribution is 5.94. The average molecular weight is 463 g/mol. The van der Waals surface area contributed by atoms with Crippen molar-refractivity contribution in [3.8, 4) is 0 Å². The molecule has 0 radical (unpaired) electrons. The highest BCUT2D eigenvalue weighted by Gasteiger charge is 2.19. The summed E-state index contributed by atoms with van der Waals surface area (Å²) in [6, 6.07) is 19.8. The van der Waals surface area contributed by atoms with E-state index in [-0.39, 0.29) is 11.8 Å². The third kappa shape index (κ3) is 5.44. The van der Waals surface area contributed by atoms with E-state index in [2.05, 4.69) is 9.97 Å². The molecule has 0 atom stereocenters. The van der Waals surface area contributed by atoms with Crippen LogP contribution in [-0.2, 0) is 9.59 Å². The van der Waals surface area contributed by atoms with Gasteiger partial charge in [0.25, 0.3) is 0 Å². The molecule has 6 nitrogen and oxygen atoms in total. The van der Waals surface area contributed by atoms with Crippen molar-refractivity contribution < 1.29 is 9.59 Å². The van der Waals surface area contributed by atoms with E-state index in [0.717, 1.165) is 39.4 Å². The van der Waals surface area contributed by atoms with Crippen LogP contribution in [0.2, 0.25) is 0 Å². The van der Waals surface area contributed by atoms with Crippen LogP contribution in [0.4, 0.5) is 0 Å². The predicted octanol–water partition coefficient (Wildman–Crippen LogP) is 4.57. The van der Waals surface area contributed by atoms with Crippen molar-refractivity contribution in [1.82, 2.24) is 19.8 Å². The Morgan fingerprint density at radius 1 is 0.657 bits per heavy atom. The van der Waals surface area contributed by atoms with Crippen molar-refractivity contribution in [2.75, 3.05) is 26.2 Å². The number of aromatic nitrogens is 2. The second-order valence-corrected chi connectivity index (χ2v) is 8.59. The van der Waals surface area contributed by atoms with Crippen LogP contribution in [0, 0.1) is 0 Å². The molecule has 35 heavy (non-hydrogen) atoms. The first-order chi connectivity index (χ1) is 17.2. The fourth-order valence-corrected chi connectivity index (χ4v) is 4.26. The third-order valence-corrected chi connectivity index (χ3v) is 6.18. The fraction of sp³-hybridized carbons (Fsp3) is 0.172. The van der Waals surface area contributed by atoms with E-state index in [9.17, 15) is 9.59 Å². The predicted molar refractivity (Wildman–Crippen MR) is 139 cm³/mol. The summed E-state index contributed by atoms with van der Waals surface area (Å²) in [6.07, 6.45) is 11.1. The summed E-state index contributed by atoms with van der Waals surface area (Å²) in [4.78, 5) is 38.0. The van der Waals surface area contributed by atoms with Crippen LogP contribution in [-0.4, -0.2) is 57.8 Å². The molecular formula is C29H26N4O2. The van der Waals surface area contributed by atoms with E-state index in [1.165, 1.54) is 0 Å². The first-order valence-electron chi connectivity index (χ1n) is 11.8. The summed E-state index contributed by atoms with van der Waals surface area (Å²) in [6.45, 7) is 2.27. The zero-order valence-corrected chi connectivity index (χ0v) is 19.4. The Morgan fingerprint density at radius 2 is 1.11 bits per heavy atom. The zero-order chi connectivity index (χ0) is 24.0. The van der Waals surface area contributed by atoms with Crippen molar-refractivity contribution in [3.63, 3.8) is 0 Å². The Kier molecular flexibility index (Phi) is 6.61. The molecule has 2 aromatic heterocycles. The third-order valence-electron chi connectivity index (χ3n) is 6.18. The number of rotatable bonds is 4. The van der Waals surface area contributed by atoms with E-state index in [4.69, 9.17) is 0 Å². The number of hydrogen-bond donors (Lipinski definition) is 0. The number of hydrogen-bond acceptors (Lipinski definition) is 4. The molecule has 1 fully saturated rings. The Hall–Kier alpha value is -4.32. The SMILES string of the molecule is O=C(/C=C/c1cnc2ccccc2c1)N1CCCN(C(=O)/C=C/c2cnc3ccccc3c2)CC1. The first-order valence-corrected chi connectivity index (χ1v) is 11.8. The molecule has 0 spiro atoms. The molecule has 1 saturated heterocycles. The molecular weight excluding hydrogens is 436 g/mol. The van der Waals surface area contributed by atoms with E-state index in [1.54, 1.807) is 46.5 Å². The lowest BCUT2D eigenvalue weighted by atomic mass is 10.1. The van der Waals surface area contributed by atoms with Crippen LogP contribution in [0.3, 0.4) is 0 Å². The molecule has 0 unspecified atom stereocenters. The molecule has 0 aliphatic carbocycles. The van der Waals surface area contributed by atoms with Gasteiger partial charge >= 0.3 is 0 Å². The van der Waals surface area contributed by atoms with E-state index >= 15 is 0 Å². The fourth-order valence-electron chi connectivity index (χ4n) is 4.26. The van der Waals surface area contributed by atoms with Gasteiger partial charge in [0.1, 0.15) is 0 Å². The Balaban J connectivity index is 1.18. The minimum absolute atomic E-state index is 0.0507. The maximum absolute atomic E-state index is 12.8. The van der Waals surface area contributed by atoms with Crippen molar-refractivity contribution in [2.24, 2.45) is 0 Å². The van der Waals surface area contributed by atoms with Gasteiger partial charge in [0.15, 0.2) is 0 Å². The molecule has 5 rings (SSSR count). The van der Waals surface area contributed by atoms with E-state index < -0.39 is 0 Å². The lowest BCUT2D eigenvalue weighted by molar-refractivity contribution is -0.128. The molecule has 0 N–H and O–H groups in total. The number of amides is 2. The number of carbonyl (C=O) groups is 2. The van der Waals surface area contributed by atoms with Gasteiger partial charge in [0, 0.05) is 61.5 Å². The van der Waals surface area contributed by atoms with Gasteiger partial charge in [-0.1, -0.05) is 36.4 Å². The average Bonchev–Trinajstić information content (AvgIpc) is 3.17. The van der Waals surface area contributed by atoms with Gasteiger partial charge in [-0.3, -0.25) is 19.6 Å². The lowest BCUT2D eigenvalue weighted by Crippen LogP contribution is -2.36. The standard InChI is InChI=1S/C29H26N4O2/c34-28(12-10-22-18-24-6-1-3-8-26(24)30-20-22)32-14-5-15-33(17-16-32)29(35)13-11-23-19-25-7-2-4-9-27(25)31-21-23/h1-4,6-13,18-21H,5,14-17H2/b12-10+,13-11+. The maximum atomic E-state index is 12.8. The second-order valence-electron chi connectivity index (χ2n) is 8.59. The minimum Gasteiger partial charge on any atom is -0.337 e. The highest BCUT2D eigenvalue weighted by Crippen LogP contribution is 2.15. The van der Waals surface area contributed by atoms with Crippen LogP contribution in [0.25, 0.3) is 34.0 Å². The Labute approximate surface area is 204 Å². The van der Waals surface area contributed by atoms with Crippen LogP contribution >= 0.6 is 0 Å². The summed E-state index contributed by atoms with van der Waals surface area (Å²) in [5.74, 6) is -0.101. The van der Waals surface area contributed by atoms with Crippen molar-refractivity contribution >= 4 is 45.8 Å². The van der Waals surface area contributed by atoms with E-state index in [0.29, 0.717) is 26.2 Å². The summed E-state index contributed by atoms with van der Waals surface area (Å²) in [5, 5.41) is 2.08. The molecule has 6 heteroatoms. The molecule has 2 amide bonds. The van der Waals surface area contributed by atoms with Crippen molar-refractivity contribution in [1.29, 1.82) is 0 Å². The largest absolute Gasteiger partial charge is 0.337 e. The zero-order valence-electron chi connectivity index (χ0n) is 19.4. The van der Waals surface area contributed by atoms with Crippen molar-refractivity contribution in [2.45, 2.75) is 6.42 Å². The van der Waals surface area contributed by atoms with Crippen molar-refractivity contribution in [3.05, 3.63) is 96.3 Å². The second kappa shape index (κ2) is 10.3. The lowest BCUT2D eigenvalue weighted by Gasteiger charge is -2.20. The number of fused-ring (bicyclic) bond motifs is 2. The number of pyridine rings is 2. The summed E-state index contributed by atoms with van der Waals surface area (Å²) in [5.41, 5.74) is 3.63. The van der Waals surface area contributed by atoms with Crippen LogP contribution in [0.1, 0.15) is 17.5 Å². The van der Waals surface area contributed by atoms with Gasteiger partial charge in [0.2, 0.25) is 11.8 Å². The monoisotopic (exact) mass is 462 g/mol. The van der Waals surface area contributed by atoms with Crippen LogP contribution in [0.5, 0.6) is 0 Å². The Bertz CT molecular complexity index is 1330. The smallest absolute Gasteiger partial charge is 0.246 e. The first kappa shape index (κ1) is 22.5. The number of benzene rings is 2. The van der Waals surface area contributed by atoms with Gasteiger partial charge in [-0.2, -0.15) is 0 Å². The minimum atomic E-state index is -0.0507. The molecule has 1 aliphatic rings. The summed E-state index contributed by atoms with van der Waals surface area (Å²) < 4.78 is 0. The molecule has 3 heterocycles. The van der Waals surface area contributed by atoms with Gasteiger partial charge in [-0.05, 0) is 54.0 Å². The van der Waals surface area contributed by atoms with Gasteiger partial charge in [-0.25, -0.2) is 0 Å². The molecule has 2 aromatic carbocycles. The molecule has 174 valence electrons. The summed E-state index contributed by atoms with van der Waals surface area (Å²) >= 11 is 0. The van der Waals surface area contributed by atoms with Crippen LogP contribution in [0.15, 0.2) is 85.2 Å². The number of carbonyl (C=O) groups excluding carboxylic acids is 2. The van der Waals surface area contributed by atoms with Crippen LogP contribution < -0.4 is 0 Å². The quantitative estimate of drug-likeness (QED) is 0.417. The maximum Gasteiger partial charge on any atom is 0.246 e. The molecule has 0 bridgehead atoms. The summed E-state index contributed by atoms with van der Waals surface area (Å²) in [7, 11) is 0. The van der Waals surface area contributed by atoms with E-state index in [1.807, 2.05) is 60.7 Å². The molecule has 1 aliphatic heterocycles. The highest BCUT2D eigenvalue weighted by atomic mass is 16.2. The Morgan fingerprint density at radius 3 is 1.60 bits per heavy atom. The van der Waals surface area contributed by atoms with Gasteiger partial charge in [-0.15, -0.1) is 0 Å². The molecule has 0 saturated carbocycles. The number of para-hydroxylation sites is 2. The molecule has 4 aromatic rings. The normalized spacial score (nSPS) is 14.7.